The summed E-state index contributed by atoms with van der Waals surface area (Å²) in [4.78, 5) is 0. The maximum absolute atomic E-state index is 5.40. The van der Waals surface area contributed by atoms with Crippen molar-refractivity contribution < 1.29 is 4.42 Å². The molecule has 0 aliphatic rings. The Labute approximate surface area is 108 Å². The lowest BCUT2D eigenvalue weighted by molar-refractivity contribution is 0.525. The lowest BCUT2D eigenvalue weighted by Crippen LogP contribution is -2.21. The van der Waals surface area contributed by atoms with Crippen LogP contribution in [0.2, 0.25) is 0 Å². The average molecular weight is 247 g/mol. The Bertz CT molecular complexity index is 487. The summed E-state index contributed by atoms with van der Waals surface area (Å²) in [6, 6.07) is 2.24. The van der Waals surface area contributed by atoms with Gasteiger partial charge in [0, 0.05) is 23.9 Å². The van der Waals surface area contributed by atoms with Crippen LogP contribution in [0.5, 0.6) is 0 Å². The van der Waals surface area contributed by atoms with Gasteiger partial charge < -0.3 is 9.73 Å². The molecule has 0 radical (unpaired) electrons. The number of hydrogen-bond acceptors (Lipinski definition) is 3. The lowest BCUT2D eigenvalue weighted by atomic mass is 10.0. The van der Waals surface area contributed by atoms with Gasteiger partial charge in [0.25, 0.3) is 0 Å². The Morgan fingerprint density at radius 1 is 1.39 bits per heavy atom. The van der Waals surface area contributed by atoms with Crippen molar-refractivity contribution in [2.75, 3.05) is 6.54 Å². The van der Waals surface area contributed by atoms with E-state index in [0.717, 1.165) is 30.8 Å². The van der Waals surface area contributed by atoms with Gasteiger partial charge in [0.2, 0.25) is 0 Å². The van der Waals surface area contributed by atoms with Crippen molar-refractivity contribution in [3.8, 4) is 0 Å². The second-order valence-corrected chi connectivity index (χ2v) is 4.52. The summed E-state index contributed by atoms with van der Waals surface area (Å²) in [7, 11) is 0. The fourth-order valence-electron chi connectivity index (χ4n) is 2.13. The Morgan fingerprint density at radius 3 is 2.83 bits per heavy atom. The molecule has 0 aromatic carbocycles. The Morgan fingerprint density at radius 2 is 2.22 bits per heavy atom. The topological polar surface area (TPSA) is 43.0 Å². The van der Waals surface area contributed by atoms with Gasteiger partial charge in [-0.05, 0) is 26.0 Å². The van der Waals surface area contributed by atoms with E-state index in [1.807, 2.05) is 24.1 Å². The number of aryl methyl sites for hydroxylation is 2. The van der Waals surface area contributed by atoms with Gasteiger partial charge in [0.05, 0.1) is 18.5 Å². The highest BCUT2D eigenvalue weighted by atomic mass is 16.3. The molecule has 0 bridgehead atoms. The largest absolute Gasteiger partial charge is 0.469 e. The van der Waals surface area contributed by atoms with Crippen molar-refractivity contribution in [2.45, 2.75) is 39.8 Å². The molecule has 0 aliphatic heterocycles. The molecule has 0 spiro atoms. The van der Waals surface area contributed by atoms with Gasteiger partial charge in [0.15, 0.2) is 0 Å². The highest BCUT2D eigenvalue weighted by Crippen LogP contribution is 2.23. The maximum atomic E-state index is 5.40. The van der Waals surface area contributed by atoms with Crippen molar-refractivity contribution in [1.29, 1.82) is 0 Å². The molecule has 4 heteroatoms. The first-order valence-corrected chi connectivity index (χ1v) is 6.55. The summed E-state index contributed by atoms with van der Waals surface area (Å²) in [6.45, 7) is 8.10. The van der Waals surface area contributed by atoms with Crippen LogP contribution in [-0.2, 0) is 6.54 Å². The zero-order chi connectivity index (χ0) is 13.0. The zero-order valence-corrected chi connectivity index (χ0v) is 11.3. The molecule has 98 valence electrons. The summed E-state index contributed by atoms with van der Waals surface area (Å²) >= 11 is 0. The normalized spacial score (nSPS) is 12.8. The third-order valence-electron chi connectivity index (χ3n) is 2.93. The van der Waals surface area contributed by atoms with Gasteiger partial charge >= 0.3 is 0 Å². The first-order valence-electron chi connectivity index (χ1n) is 6.55. The van der Waals surface area contributed by atoms with Crippen LogP contribution in [-0.4, -0.2) is 16.3 Å². The second-order valence-electron chi connectivity index (χ2n) is 4.52. The number of nitrogens with zero attached hydrogens (tertiary/aromatic N) is 2. The Balaban J connectivity index is 2.23. The summed E-state index contributed by atoms with van der Waals surface area (Å²) in [5.41, 5.74) is 2.34. The van der Waals surface area contributed by atoms with Gasteiger partial charge in [-0.15, -0.1) is 0 Å². The van der Waals surface area contributed by atoms with Crippen molar-refractivity contribution in [3.63, 3.8) is 0 Å². The van der Waals surface area contributed by atoms with Crippen LogP contribution in [0.1, 0.15) is 43.2 Å². The molecule has 0 fully saturated rings. The summed E-state index contributed by atoms with van der Waals surface area (Å²) in [6.07, 6.45) is 6.96. The minimum absolute atomic E-state index is 0.165. The molecule has 2 aromatic heterocycles. The summed E-state index contributed by atoms with van der Waals surface area (Å²) in [5.74, 6) is 0.939. The number of nitrogens with one attached hydrogen (secondary N) is 1. The third-order valence-corrected chi connectivity index (χ3v) is 2.93. The van der Waals surface area contributed by atoms with Gasteiger partial charge in [0.1, 0.15) is 5.76 Å². The lowest BCUT2D eigenvalue weighted by Gasteiger charge is -2.14. The van der Waals surface area contributed by atoms with Crippen molar-refractivity contribution in [2.24, 2.45) is 0 Å². The van der Waals surface area contributed by atoms with Gasteiger partial charge in [-0.25, -0.2) is 0 Å². The molecule has 1 atom stereocenters. The van der Waals surface area contributed by atoms with E-state index in [9.17, 15) is 0 Å². The van der Waals surface area contributed by atoms with Crippen LogP contribution in [0.3, 0.4) is 0 Å². The van der Waals surface area contributed by atoms with E-state index in [0.29, 0.717) is 0 Å². The number of rotatable bonds is 6. The van der Waals surface area contributed by atoms with E-state index in [-0.39, 0.29) is 6.04 Å². The fourth-order valence-corrected chi connectivity index (χ4v) is 2.13. The molecular weight excluding hydrogens is 226 g/mol. The first kappa shape index (κ1) is 12.9. The second kappa shape index (κ2) is 5.87. The first-order chi connectivity index (χ1) is 8.74. The van der Waals surface area contributed by atoms with E-state index in [4.69, 9.17) is 4.42 Å². The monoisotopic (exact) mass is 247 g/mol. The smallest absolute Gasteiger partial charge is 0.101 e. The molecule has 0 saturated heterocycles. The van der Waals surface area contributed by atoms with Crippen molar-refractivity contribution in [3.05, 3.63) is 41.6 Å². The van der Waals surface area contributed by atoms with Crippen LogP contribution < -0.4 is 5.32 Å². The van der Waals surface area contributed by atoms with Gasteiger partial charge in [-0.3, -0.25) is 4.68 Å². The fraction of sp³-hybridized carbons (Fsp3) is 0.500. The van der Waals surface area contributed by atoms with Crippen molar-refractivity contribution in [1.82, 2.24) is 15.1 Å². The van der Waals surface area contributed by atoms with E-state index in [1.165, 1.54) is 5.56 Å². The molecule has 2 rings (SSSR count). The van der Waals surface area contributed by atoms with E-state index in [1.54, 1.807) is 0 Å². The minimum Gasteiger partial charge on any atom is -0.469 e. The molecule has 4 nitrogen and oxygen atoms in total. The summed E-state index contributed by atoms with van der Waals surface area (Å²) < 4.78 is 7.39. The SMILES string of the molecule is CCCn1cc(C(NCC)c2coc(C)c2)cn1. The minimum atomic E-state index is 0.165. The molecule has 0 saturated carbocycles. The van der Waals surface area contributed by atoms with Gasteiger partial charge in [-0.1, -0.05) is 13.8 Å². The van der Waals surface area contributed by atoms with E-state index < -0.39 is 0 Å². The number of hydrogen-bond donors (Lipinski definition) is 1. The Kier molecular flexibility index (Phi) is 4.20. The molecule has 1 unspecified atom stereocenters. The van der Waals surface area contributed by atoms with Crippen LogP contribution in [0, 0.1) is 6.92 Å². The average Bonchev–Trinajstić information content (AvgIpc) is 2.96. The molecule has 0 amide bonds. The van der Waals surface area contributed by atoms with Crippen molar-refractivity contribution >= 4 is 0 Å². The van der Waals surface area contributed by atoms with Crippen LogP contribution in [0.25, 0.3) is 0 Å². The predicted molar refractivity (Wildman–Crippen MR) is 71.5 cm³/mol. The molecule has 0 aliphatic carbocycles. The molecule has 2 heterocycles. The molecule has 1 N–H and O–H groups in total. The number of aromatic nitrogens is 2. The quantitative estimate of drug-likeness (QED) is 0.853. The highest BCUT2D eigenvalue weighted by molar-refractivity contribution is 5.27. The van der Waals surface area contributed by atoms with Crippen LogP contribution >= 0.6 is 0 Å². The highest BCUT2D eigenvalue weighted by Gasteiger charge is 2.16. The zero-order valence-electron chi connectivity index (χ0n) is 11.3. The standard InChI is InChI=1S/C14H21N3O/c1-4-6-17-9-13(8-16-17)14(15-5-2)12-7-11(3)18-10-12/h7-10,14-15H,4-6H2,1-3H3. The maximum Gasteiger partial charge on any atom is 0.101 e. The number of furan rings is 1. The van der Waals surface area contributed by atoms with Crippen LogP contribution in [0.4, 0.5) is 0 Å². The third kappa shape index (κ3) is 2.82. The molecule has 2 aromatic rings. The molecule has 18 heavy (non-hydrogen) atoms. The van der Waals surface area contributed by atoms with Crippen LogP contribution in [0.15, 0.2) is 29.1 Å². The Hall–Kier alpha value is -1.55. The van der Waals surface area contributed by atoms with E-state index in [2.05, 4.69) is 36.5 Å². The summed E-state index contributed by atoms with van der Waals surface area (Å²) in [5, 5.41) is 7.86. The van der Waals surface area contributed by atoms with E-state index >= 15 is 0 Å². The predicted octanol–water partition coefficient (Wildman–Crippen LogP) is 2.89. The van der Waals surface area contributed by atoms with Gasteiger partial charge in [-0.2, -0.15) is 5.10 Å². The molecular formula is C14H21N3O.